The summed E-state index contributed by atoms with van der Waals surface area (Å²) in [6.07, 6.45) is -1.16. The second-order valence-corrected chi connectivity index (χ2v) is 9.05. The van der Waals surface area contributed by atoms with Gasteiger partial charge in [-0.2, -0.15) is 23.5 Å². The summed E-state index contributed by atoms with van der Waals surface area (Å²) in [5, 5.41) is 13.3. The largest absolute Gasteiger partial charge is 0.416 e. The van der Waals surface area contributed by atoms with Crippen LogP contribution in [0.4, 0.5) is 13.2 Å². The van der Waals surface area contributed by atoms with Crippen LogP contribution in [-0.2, 0) is 12.7 Å². The van der Waals surface area contributed by atoms with Crippen molar-refractivity contribution in [2.24, 2.45) is 0 Å². The molecule has 0 spiro atoms. The molecule has 1 saturated heterocycles. The Kier molecular flexibility index (Phi) is 6.07. The number of halogens is 3. The van der Waals surface area contributed by atoms with E-state index in [-0.39, 0.29) is 11.8 Å². The van der Waals surface area contributed by atoms with Gasteiger partial charge in [-0.15, -0.1) is 0 Å². The molecule has 2 aliphatic rings. The first-order chi connectivity index (χ1) is 16.8. The minimum absolute atomic E-state index is 0.122. The van der Waals surface area contributed by atoms with Crippen molar-refractivity contribution >= 4 is 5.91 Å². The summed E-state index contributed by atoms with van der Waals surface area (Å²) in [7, 11) is 0. The lowest BCUT2D eigenvalue weighted by Gasteiger charge is -2.34. The summed E-state index contributed by atoms with van der Waals surface area (Å²) in [5.41, 5.74) is 2.50. The number of benzene rings is 2. The van der Waals surface area contributed by atoms with E-state index in [4.69, 9.17) is 5.26 Å². The second-order valence-electron chi connectivity index (χ2n) is 9.05. The van der Waals surface area contributed by atoms with Gasteiger partial charge in [0.1, 0.15) is 0 Å². The highest BCUT2D eigenvalue weighted by atomic mass is 19.4. The van der Waals surface area contributed by atoms with Crippen LogP contribution in [0.3, 0.4) is 0 Å². The lowest BCUT2D eigenvalue weighted by Crippen LogP contribution is -2.48. The predicted molar refractivity (Wildman–Crippen MR) is 123 cm³/mol. The van der Waals surface area contributed by atoms with Crippen LogP contribution in [0, 0.1) is 11.3 Å². The minimum atomic E-state index is -4.45. The first-order valence-corrected chi connectivity index (χ1v) is 11.6. The summed E-state index contributed by atoms with van der Waals surface area (Å²) in [5.74, 6) is 0.00631. The molecule has 2 aromatic carbocycles. The van der Waals surface area contributed by atoms with Gasteiger partial charge in [-0.05, 0) is 48.7 Å². The Morgan fingerprint density at radius 2 is 1.77 bits per heavy atom. The van der Waals surface area contributed by atoms with E-state index in [1.165, 1.54) is 16.9 Å². The van der Waals surface area contributed by atoms with Crippen LogP contribution in [0.1, 0.15) is 51.5 Å². The zero-order valence-corrected chi connectivity index (χ0v) is 19.0. The van der Waals surface area contributed by atoms with Crippen molar-refractivity contribution in [1.82, 2.24) is 19.6 Å². The summed E-state index contributed by atoms with van der Waals surface area (Å²) in [6, 6.07) is 14.7. The van der Waals surface area contributed by atoms with Crippen molar-refractivity contribution in [3.8, 4) is 11.8 Å². The normalized spacial score (nSPS) is 16.8. The molecule has 3 aromatic rings. The molecule has 0 radical (unpaired) electrons. The number of carbonyl (C=O) groups is 1. The number of nitriles is 1. The summed E-state index contributed by atoms with van der Waals surface area (Å²) in [4.78, 5) is 17.5. The molecule has 1 aliphatic heterocycles. The summed E-state index contributed by atoms with van der Waals surface area (Å²) >= 11 is 0. The molecule has 0 N–H and O–H groups in total. The maximum absolute atomic E-state index is 13.4. The van der Waals surface area contributed by atoms with Gasteiger partial charge in [-0.1, -0.05) is 18.2 Å². The molecule has 0 bridgehead atoms. The number of piperazine rings is 1. The molecule has 35 heavy (non-hydrogen) atoms. The standard InChI is InChI=1S/C26H24F3N5O/c27-26(28,29)21-2-1-3-22(14-21)34-24(20-8-9-20)23(16-31-34)25(35)33-12-10-32(11-13-33)17-19-6-4-18(15-30)5-7-19/h1-7,14,16,20H,8-13,17H2. The second kappa shape index (κ2) is 9.19. The molecule has 1 aliphatic carbocycles. The third kappa shape index (κ3) is 4.93. The van der Waals surface area contributed by atoms with Gasteiger partial charge in [0.25, 0.3) is 5.91 Å². The number of hydrogen-bond acceptors (Lipinski definition) is 4. The van der Waals surface area contributed by atoms with E-state index in [0.29, 0.717) is 48.7 Å². The molecule has 6 nitrogen and oxygen atoms in total. The topological polar surface area (TPSA) is 65.2 Å². The fourth-order valence-corrected chi connectivity index (χ4v) is 4.51. The van der Waals surface area contributed by atoms with Crippen molar-refractivity contribution < 1.29 is 18.0 Å². The minimum Gasteiger partial charge on any atom is -0.336 e. The molecule has 0 unspecified atom stereocenters. The molecule has 1 saturated carbocycles. The van der Waals surface area contributed by atoms with Crippen molar-refractivity contribution in [3.63, 3.8) is 0 Å². The average Bonchev–Trinajstić information content (AvgIpc) is 3.61. The van der Waals surface area contributed by atoms with Gasteiger partial charge in [0.15, 0.2) is 0 Å². The van der Waals surface area contributed by atoms with Gasteiger partial charge < -0.3 is 4.90 Å². The van der Waals surface area contributed by atoms with Gasteiger partial charge >= 0.3 is 6.18 Å². The maximum Gasteiger partial charge on any atom is 0.416 e. The van der Waals surface area contributed by atoms with Crippen LogP contribution in [0.5, 0.6) is 0 Å². The highest BCUT2D eigenvalue weighted by Crippen LogP contribution is 2.43. The molecule has 9 heteroatoms. The van der Waals surface area contributed by atoms with E-state index in [0.717, 1.165) is 37.1 Å². The third-order valence-corrected chi connectivity index (χ3v) is 6.57. The number of amides is 1. The van der Waals surface area contributed by atoms with Gasteiger partial charge in [-0.25, -0.2) is 4.68 Å². The van der Waals surface area contributed by atoms with Crippen molar-refractivity contribution in [2.45, 2.75) is 31.5 Å². The Labute approximate surface area is 201 Å². The summed E-state index contributed by atoms with van der Waals surface area (Å²) in [6.45, 7) is 3.30. The van der Waals surface area contributed by atoms with Crippen molar-refractivity contribution in [1.29, 1.82) is 5.26 Å². The Bertz CT molecular complexity index is 1260. The van der Waals surface area contributed by atoms with Crippen LogP contribution < -0.4 is 0 Å². The molecule has 2 fully saturated rings. The molecule has 0 atom stereocenters. The van der Waals surface area contributed by atoms with E-state index >= 15 is 0 Å². The Hall–Kier alpha value is -3.64. The van der Waals surface area contributed by atoms with Gasteiger partial charge in [-0.3, -0.25) is 9.69 Å². The molecular formula is C26H24F3N5O. The number of nitrogens with zero attached hydrogens (tertiary/aromatic N) is 5. The van der Waals surface area contributed by atoms with E-state index < -0.39 is 11.7 Å². The van der Waals surface area contributed by atoms with Crippen LogP contribution in [0.25, 0.3) is 5.69 Å². The predicted octanol–water partition coefficient (Wildman–Crippen LogP) is 4.60. The zero-order valence-electron chi connectivity index (χ0n) is 19.0. The van der Waals surface area contributed by atoms with E-state index in [9.17, 15) is 18.0 Å². The number of alkyl halides is 3. The smallest absolute Gasteiger partial charge is 0.336 e. The van der Waals surface area contributed by atoms with Crippen LogP contribution in [0.15, 0.2) is 54.7 Å². The Morgan fingerprint density at radius 3 is 2.40 bits per heavy atom. The molecule has 1 aromatic heterocycles. The van der Waals surface area contributed by atoms with E-state index in [1.807, 2.05) is 12.1 Å². The molecule has 180 valence electrons. The van der Waals surface area contributed by atoms with Gasteiger partial charge in [0, 0.05) is 38.6 Å². The van der Waals surface area contributed by atoms with Crippen LogP contribution >= 0.6 is 0 Å². The highest BCUT2D eigenvalue weighted by molar-refractivity contribution is 5.95. The molecule has 5 rings (SSSR count). The Balaban J connectivity index is 1.30. The van der Waals surface area contributed by atoms with Crippen LogP contribution in [-0.4, -0.2) is 51.7 Å². The number of rotatable bonds is 5. The molecule has 1 amide bonds. The fourth-order valence-electron chi connectivity index (χ4n) is 4.51. The first-order valence-electron chi connectivity index (χ1n) is 11.6. The first kappa shape index (κ1) is 23.1. The fraction of sp³-hybridized carbons (Fsp3) is 0.346. The lowest BCUT2D eigenvalue weighted by molar-refractivity contribution is -0.137. The molecular weight excluding hydrogens is 455 g/mol. The van der Waals surface area contributed by atoms with E-state index in [2.05, 4.69) is 16.1 Å². The monoisotopic (exact) mass is 479 g/mol. The zero-order chi connectivity index (χ0) is 24.6. The van der Waals surface area contributed by atoms with Crippen molar-refractivity contribution in [2.75, 3.05) is 26.2 Å². The van der Waals surface area contributed by atoms with Crippen LogP contribution in [0.2, 0.25) is 0 Å². The highest BCUT2D eigenvalue weighted by Gasteiger charge is 2.36. The van der Waals surface area contributed by atoms with Crippen molar-refractivity contribution in [3.05, 3.63) is 82.7 Å². The summed E-state index contributed by atoms with van der Waals surface area (Å²) < 4.78 is 41.2. The number of hydrogen-bond donors (Lipinski definition) is 0. The maximum atomic E-state index is 13.4. The van der Waals surface area contributed by atoms with Gasteiger partial charge in [0.05, 0.1) is 40.3 Å². The third-order valence-electron chi connectivity index (χ3n) is 6.57. The SMILES string of the molecule is N#Cc1ccc(CN2CCN(C(=O)c3cnn(-c4cccc(C(F)(F)F)c4)c3C3CC3)CC2)cc1. The Morgan fingerprint density at radius 1 is 1.06 bits per heavy atom. The van der Waals surface area contributed by atoms with Gasteiger partial charge in [0.2, 0.25) is 0 Å². The average molecular weight is 480 g/mol. The quantitative estimate of drug-likeness (QED) is 0.537. The number of carbonyl (C=O) groups excluding carboxylic acids is 1. The lowest BCUT2D eigenvalue weighted by atomic mass is 10.1. The number of aromatic nitrogens is 2. The van der Waals surface area contributed by atoms with E-state index in [1.54, 1.807) is 23.1 Å². The molecule has 2 heterocycles.